The van der Waals surface area contributed by atoms with E-state index in [9.17, 15) is 22.6 Å². The molecule has 0 spiro atoms. The van der Waals surface area contributed by atoms with Crippen LogP contribution < -0.4 is 0 Å². The Morgan fingerprint density at radius 3 is 1.24 bits per heavy atom. The molecule has 0 amide bonds. The molecule has 8 heteroatoms. The zero-order valence-corrected chi connectivity index (χ0v) is 32.5. The predicted molar refractivity (Wildman–Crippen MR) is 206 cm³/mol. The Hall–Kier alpha value is -2.45. The topological polar surface area (TPSA) is 107 Å². The van der Waals surface area contributed by atoms with Crippen LogP contribution in [0.3, 0.4) is 0 Å². The van der Waals surface area contributed by atoms with E-state index in [1.807, 2.05) is 0 Å². The fourth-order valence-electron chi connectivity index (χ4n) is 5.88. The molecule has 1 rings (SSSR count). The van der Waals surface area contributed by atoms with Crippen LogP contribution in [0.5, 0.6) is 0 Å². The fourth-order valence-corrected chi connectivity index (χ4v) is 6.38. The molecule has 1 N–H and O–H groups in total. The van der Waals surface area contributed by atoms with Gasteiger partial charge in [0.15, 0.2) is 0 Å². The standard InChI is InChI=1S/C42H70O7S/c1-3-5-7-9-11-13-15-17-19-21-23-25-27-29-31-35-48-41(43)39-34-33-38(50(45,46)47)37-40(39)42(44)49-36-32-30-28-26-24-22-20-18-16-14-12-10-8-6-4-2/h7-10,33-34,37H,3-6,11-32,35-36H2,1-2H3,(H,45,46,47)/b9-7+,10-8+. The number of ether oxygens (including phenoxy) is 2. The molecule has 1 aromatic rings. The van der Waals surface area contributed by atoms with E-state index in [1.165, 1.54) is 128 Å². The molecule has 0 atom stereocenters. The zero-order valence-electron chi connectivity index (χ0n) is 31.6. The van der Waals surface area contributed by atoms with Crippen LogP contribution in [-0.2, 0) is 19.6 Å². The van der Waals surface area contributed by atoms with Crippen LogP contribution in [0.25, 0.3) is 0 Å². The second kappa shape index (κ2) is 31.3. The lowest BCUT2D eigenvalue weighted by molar-refractivity contribution is 0.0450. The number of hydrogen-bond acceptors (Lipinski definition) is 6. The van der Waals surface area contributed by atoms with Gasteiger partial charge in [-0.1, -0.05) is 154 Å². The van der Waals surface area contributed by atoms with Crippen molar-refractivity contribution in [1.29, 1.82) is 0 Å². The molecule has 0 fully saturated rings. The highest BCUT2D eigenvalue weighted by atomic mass is 32.2. The summed E-state index contributed by atoms with van der Waals surface area (Å²) in [6.45, 7) is 4.80. The highest BCUT2D eigenvalue weighted by Crippen LogP contribution is 2.20. The van der Waals surface area contributed by atoms with Crippen LogP contribution in [0.4, 0.5) is 0 Å². The minimum atomic E-state index is -4.56. The van der Waals surface area contributed by atoms with Gasteiger partial charge in [0, 0.05) is 0 Å². The molecule has 1 aromatic carbocycles. The molecule has 0 heterocycles. The van der Waals surface area contributed by atoms with Crippen LogP contribution >= 0.6 is 0 Å². The van der Waals surface area contributed by atoms with Gasteiger partial charge in [0.05, 0.1) is 29.2 Å². The Kier molecular flexibility index (Phi) is 28.5. The molecule has 0 aromatic heterocycles. The minimum absolute atomic E-state index is 0.0626. The first kappa shape index (κ1) is 45.6. The Bertz CT molecular complexity index is 1170. The van der Waals surface area contributed by atoms with Gasteiger partial charge >= 0.3 is 11.9 Å². The molecular weight excluding hydrogens is 649 g/mol. The van der Waals surface area contributed by atoms with Gasteiger partial charge in [-0.25, -0.2) is 9.59 Å². The lowest BCUT2D eigenvalue weighted by atomic mass is 10.1. The van der Waals surface area contributed by atoms with Crippen molar-refractivity contribution < 1.29 is 32.0 Å². The Morgan fingerprint density at radius 2 is 0.860 bits per heavy atom. The van der Waals surface area contributed by atoms with E-state index in [-0.39, 0.29) is 24.3 Å². The van der Waals surface area contributed by atoms with Gasteiger partial charge < -0.3 is 9.47 Å². The molecule has 286 valence electrons. The van der Waals surface area contributed by atoms with Gasteiger partial charge in [-0.05, 0) is 69.6 Å². The van der Waals surface area contributed by atoms with Crippen molar-refractivity contribution >= 4 is 22.1 Å². The SMILES string of the molecule is CCC/C=C/CCCCCCCCCCCCOC(=O)c1ccc(S(=O)(=O)O)cc1C(=O)OCCCCCCCCCCCC/C=C/CCC. The summed E-state index contributed by atoms with van der Waals surface area (Å²) in [6.07, 6.45) is 39.4. The molecule has 0 aliphatic rings. The summed E-state index contributed by atoms with van der Waals surface area (Å²) in [5.74, 6) is -1.50. The third-order valence-corrected chi connectivity index (χ3v) is 9.82. The van der Waals surface area contributed by atoms with Crippen molar-refractivity contribution in [3.63, 3.8) is 0 Å². The first-order valence-corrected chi connectivity index (χ1v) is 21.5. The second-order valence-corrected chi connectivity index (χ2v) is 15.0. The molecule has 0 aliphatic heterocycles. The number of rotatable bonds is 33. The van der Waals surface area contributed by atoms with E-state index >= 15 is 0 Å². The molecule has 0 radical (unpaired) electrons. The van der Waals surface area contributed by atoms with Crippen LogP contribution in [0, 0.1) is 0 Å². The Balaban J connectivity index is 2.27. The minimum Gasteiger partial charge on any atom is -0.462 e. The largest absolute Gasteiger partial charge is 0.462 e. The van der Waals surface area contributed by atoms with Crippen LogP contribution in [0.2, 0.25) is 0 Å². The summed E-state index contributed by atoms with van der Waals surface area (Å²) in [7, 11) is -4.56. The maximum absolute atomic E-state index is 12.9. The molecular formula is C42H70O7S. The average molecular weight is 719 g/mol. The first-order valence-electron chi connectivity index (χ1n) is 20.1. The highest BCUT2D eigenvalue weighted by Gasteiger charge is 2.23. The van der Waals surface area contributed by atoms with Gasteiger partial charge in [0.1, 0.15) is 0 Å². The monoisotopic (exact) mass is 718 g/mol. The summed E-state index contributed by atoms with van der Waals surface area (Å²) >= 11 is 0. The van der Waals surface area contributed by atoms with Gasteiger partial charge in [-0.3, -0.25) is 4.55 Å². The number of allylic oxidation sites excluding steroid dienone is 4. The normalized spacial score (nSPS) is 11.9. The number of carbonyl (C=O) groups is 2. The van der Waals surface area contributed by atoms with E-state index in [2.05, 4.69) is 38.2 Å². The smallest absolute Gasteiger partial charge is 0.339 e. The van der Waals surface area contributed by atoms with Crippen molar-refractivity contribution in [3.8, 4) is 0 Å². The number of benzene rings is 1. The highest BCUT2D eigenvalue weighted by molar-refractivity contribution is 7.85. The summed E-state index contributed by atoms with van der Waals surface area (Å²) < 4.78 is 43.8. The number of esters is 2. The Morgan fingerprint density at radius 1 is 0.520 bits per heavy atom. The fraction of sp³-hybridized carbons (Fsp3) is 0.714. The average Bonchev–Trinajstić information content (AvgIpc) is 3.10. The summed E-state index contributed by atoms with van der Waals surface area (Å²) in [5, 5.41) is 0. The molecule has 0 bridgehead atoms. The summed E-state index contributed by atoms with van der Waals surface area (Å²) in [6, 6.07) is 3.29. The van der Waals surface area contributed by atoms with E-state index in [0.717, 1.165) is 50.7 Å². The van der Waals surface area contributed by atoms with Gasteiger partial charge in [-0.2, -0.15) is 8.42 Å². The number of unbranched alkanes of at least 4 members (excludes halogenated alkanes) is 22. The van der Waals surface area contributed by atoms with E-state index in [1.54, 1.807) is 0 Å². The van der Waals surface area contributed by atoms with E-state index < -0.39 is 27.0 Å². The lowest BCUT2D eigenvalue weighted by Crippen LogP contribution is -2.16. The van der Waals surface area contributed by atoms with Crippen molar-refractivity contribution in [2.75, 3.05) is 13.2 Å². The number of carbonyl (C=O) groups excluding carboxylic acids is 2. The quantitative estimate of drug-likeness (QED) is 0.0333. The summed E-state index contributed by atoms with van der Waals surface area (Å²) in [4.78, 5) is 25.3. The van der Waals surface area contributed by atoms with Crippen molar-refractivity contribution in [2.45, 2.75) is 186 Å². The molecule has 0 saturated heterocycles. The Labute approximate surface area is 305 Å². The van der Waals surface area contributed by atoms with Crippen LogP contribution in [0.15, 0.2) is 47.4 Å². The van der Waals surface area contributed by atoms with E-state index in [4.69, 9.17) is 9.47 Å². The molecule has 0 aliphatic carbocycles. The van der Waals surface area contributed by atoms with Crippen LogP contribution in [-0.4, -0.2) is 38.1 Å². The third-order valence-electron chi connectivity index (χ3n) is 8.97. The first-order chi connectivity index (χ1) is 24.3. The molecule has 0 saturated carbocycles. The molecule has 50 heavy (non-hydrogen) atoms. The lowest BCUT2D eigenvalue weighted by Gasteiger charge is -2.11. The van der Waals surface area contributed by atoms with Crippen LogP contribution in [0.1, 0.15) is 202 Å². The third kappa shape index (κ3) is 24.7. The second-order valence-electron chi connectivity index (χ2n) is 13.6. The van der Waals surface area contributed by atoms with Crippen molar-refractivity contribution in [1.82, 2.24) is 0 Å². The zero-order chi connectivity index (χ0) is 36.5. The van der Waals surface area contributed by atoms with Gasteiger partial charge in [0.2, 0.25) is 0 Å². The maximum Gasteiger partial charge on any atom is 0.339 e. The molecule has 7 nitrogen and oxygen atoms in total. The molecule has 0 unspecified atom stereocenters. The van der Waals surface area contributed by atoms with Gasteiger partial charge in [0.25, 0.3) is 10.1 Å². The number of hydrogen-bond donors (Lipinski definition) is 1. The maximum atomic E-state index is 12.9. The van der Waals surface area contributed by atoms with Gasteiger partial charge in [-0.15, -0.1) is 0 Å². The predicted octanol–water partition coefficient (Wildman–Crippen LogP) is 12.5. The summed E-state index contributed by atoms with van der Waals surface area (Å²) in [5.41, 5.74) is -0.276. The van der Waals surface area contributed by atoms with Crippen molar-refractivity contribution in [3.05, 3.63) is 53.6 Å². The van der Waals surface area contributed by atoms with E-state index in [0.29, 0.717) is 6.42 Å². The van der Waals surface area contributed by atoms with Crippen molar-refractivity contribution in [2.24, 2.45) is 0 Å².